The predicted molar refractivity (Wildman–Crippen MR) is 355 cm³/mol. The van der Waals surface area contributed by atoms with Crippen LogP contribution in [0.15, 0.2) is 202 Å². The first-order chi connectivity index (χ1) is 40.5. The molecule has 0 aliphatic heterocycles. The Labute approximate surface area is 526 Å². The molecule has 0 aliphatic rings. The SMILES string of the molecule is Cc1cccc(C)c1N=Cc1nn(C(=Nc2c(C(C)C)cccc2C(C)C)c2ccccc2)c2ccccc12.Cc1cccc(C)c1N=Cc1nn(C(=Nc2c(C(C)C)cccc2C(C)C)c2ccccc2)c2ccccc12.[Cl][Fe][Cl].[Cl][Fe][Cl]. The van der Waals surface area contributed by atoms with Crippen molar-refractivity contribution in [2.45, 2.75) is 107 Å². The van der Waals surface area contributed by atoms with E-state index in [0.717, 1.165) is 101 Å². The first-order valence-corrected chi connectivity index (χ1v) is 34.0. The number of aryl methyl sites for hydroxylation is 4. The van der Waals surface area contributed by atoms with E-state index in [2.05, 4.69) is 253 Å². The first kappa shape index (κ1) is 65.1. The fourth-order valence-electron chi connectivity index (χ4n) is 10.1. The number of para-hydroxylation sites is 6. The second-order valence-electron chi connectivity index (χ2n) is 21.5. The molecule has 10 rings (SSSR count). The average Bonchev–Trinajstić information content (AvgIpc) is 2.88. The predicted octanol–water partition coefficient (Wildman–Crippen LogP) is 21.3. The minimum atomic E-state index is 0.194. The van der Waals surface area contributed by atoms with E-state index in [-0.39, 0.29) is 26.3 Å². The van der Waals surface area contributed by atoms with E-state index in [1.165, 1.54) is 22.3 Å². The van der Waals surface area contributed by atoms with Crippen LogP contribution in [0.2, 0.25) is 0 Å². The average molecular weight is 1280 g/mol. The molecule has 84 heavy (non-hydrogen) atoms. The van der Waals surface area contributed by atoms with Gasteiger partial charge in [-0.1, -0.05) is 225 Å². The van der Waals surface area contributed by atoms with Crippen LogP contribution < -0.4 is 0 Å². The Balaban J connectivity index is 0.000000221. The number of halogens is 4. The van der Waals surface area contributed by atoms with Crippen molar-refractivity contribution in [2.24, 2.45) is 20.0 Å². The molecule has 0 amide bonds. The van der Waals surface area contributed by atoms with E-state index in [1.54, 1.807) is 0 Å². The Morgan fingerprint density at radius 3 is 0.940 bits per heavy atom. The quantitative estimate of drug-likeness (QED) is 0.0693. The zero-order valence-corrected chi connectivity index (χ0v) is 54.8. The van der Waals surface area contributed by atoms with E-state index in [0.29, 0.717) is 23.7 Å². The van der Waals surface area contributed by atoms with Crippen LogP contribution in [-0.2, 0) is 26.3 Å². The summed E-state index contributed by atoms with van der Waals surface area (Å²) in [7, 11) is 19.1. The Kier molecular flexibility index (Phi) is 24.5. The summed E-state index contributed by atoms with van der Waals surface area (Å²) in [6.45, 7) is 26.2. The Morgan fingerprint density at radius 1 is 0.369 bits per heavy atom. The summed E-state index contributed by atoms with van der Waals surface area (Å²) in [5, 5.41) is 12.3. The van der Waals surface area contributed by atoms with Gasteiger partial charge in [0.15, 0.2) is 11.7 Å². The second kappa shape index (κ2) is 31.6. The summed E-state index contributed by atoms with van der Waals surface area (Å²) < 4.78 is 3.97. The summed E-state index contributed by atoms with van der Waals surface area (Å²) in [6, 6.07) is 62.9. The summed E-state index contributed by atoms with van der Waals surface area (Å²) in [6.07, 6.45) is 3.77. The number of aromatic nitrogens is 4. The molecule has 8 nitrogen and oxygen atoms in total. The maximum absolute atomic E-state index is 5.42. The molecule has 2 aromatic heterocycles. The number of rotatable bonds is 12. The van der Waals surface area contributed by atoms with Gasteiger partial charge < -0.3 is 0 Å². The molecule has 0 bridgehead atoms. The third-order valence-electron chi connectivity index (χ3n) is 14.3. The number of hydrogen-bond acceptors (Lipinski definition) is 6. The fraction of sp³-hybridized carbons (Fsp3) is 0.229. The van der Waals surface area contributed by atoms with Crippen LogP contribution in [0.4, 0.5) is 22.7 Å². The molecular weight excluding hydrogens is 1210 g/mol. The number of nitrogens with zero attached hydrogens (tertiary/aromatic N) is 8. The standard InChI is InChI=1S/2C35H36N4.4ClH.2Fe/c2*1-23(2)28-19-13-20-29(24(3)4)34(28)37-35(27-16-8-7-9-17-27)39-32-21-11-10-18-30(32)31(38-39)22-36-33-25(5)14-12-15-26(33)6;;;;;;/h2*7-24H,1-6H3;4*1H;;/q;;;;;;2*+2/p-4. The minimum absolute atomic E-state index is 0.194. The molecule has 0 aliphatic carbocycles. The zero-order valence-electron chi connectivity index (χ0n) is 49.6. The molecule has 0 radical (unpaired) electrons. The summed E-state index contributed by atoms with van der Waals surface area (Å²) >= 11 is 0.389. The van der Waals surface area contributed by atoms with Crippen molar-refractivity contribution in [3.63, 3.8) is 0 Å². The van der Waals surface area contributed by atoms with E-state index >= 15 is 0 Å². The molecule has 14 heteroatoms. The molecule has 0 saturated carbocycles. The molecule has 436 valence electrons. The first-order valence-electron chi connectivity index (χ1n) is 27.9. The Bertz CT molecular complexity index is 3570. The van der Waals surface area contributed by atoms with Crippen molar-refractivity contribution in [1.82, 2.24) is 19.6 Å². The van der Waals surface area contributed by atoms with Gasteiger partial charge in [0.1, 0.15) is 11.4 Å². The van der Waals surface area contributed by atoms with Crippen LogP contribution in [0.3, 0.4) is 0 Å². The maximum atomic E-state index is 5.42. The molecule has 10 aromatic rings. The van der Waals surface area contributed by atoms with Crippen molar-refractivity contribution in [3.05, 3.63) is 249 Å². The van der Waals surface area contributed by atoms with Crippen LogP contribution in [0.1, 0.15) is 146 Å². The molecule has 8 aromatic carbocycles. The van der Waals surface area contributed by atoms with Gasteiger partial charge in [-0.25, -0.2) is 19.3 Å². The molecule has 2 heterocycles. The summed E-state index contributed by atoms with van der Waals surface area (Å²) in [4.78, 5) is 20.6. The topological polar surface area (TPSA) is 85.1 Å². The molecule has 0 saturated heterocycles. The number of aliphatic imine (C=N–C) groups is 4. The normalized spacial score (nSPS) is 12.0. The van der Waals surface area contributed by atoms with Gasteiger partial charge in [0.25, 0.3) is 0 Å². The third kappa shape index (κ3) is 16.1. The molecule has 0 fully saturated rings. The molecule has 0 atom stereocenters. The van der Waals surface area contributed by atoms with Crippen LogP contribution in [0, 0.1) is 27.7 Å². The van der Waals surface area contributed by atoms with Crippen molar-refractivity contribution in [1.29, 1.82) is 0 Å². The molecular formula is C70H72Cl4Fe2N8. The van der Waals surface area contributed by atoms with Crippen LogP contribution in [-0.4, -0.2) is 43.7 Å². The number of fused-ring (bicyclic) bond motifs is 2. The van der Waals surface area contributed by atoms with E-state index < -0.39 is 0 Å². The van der Waals surface area contributed by atoms with Crippen molar-refractivity contribution >= 4 is 109 Å². The van der Waals surface area contributed by atoms with E-state index in [1.807, 2.05) is 33.9 Å². The summed E-state index contributed by atoms with van der Waals surface area (Å²) in [5.41, 5.74) is 19.2. The van der Waals surface area contributed by atoms with Gasteiger partial charge in [-0.2, -0.15) is 10.2 Å². The van der Waals surface area contributed by atoms with Gasteiger partial charge in [0, 0.05) is 21.9 Å². The summed E-state index contributed by atoms with van der Waals surface area (Å²) in [5.74, 6) is 2.97. The molecule has 0 N–H and O–H groups in total. The van der Waals surface area contributed by atoms with Crippen molar-refractivity contribution in [2.75, 3.05) is 0 Å². The number of hydrogen-bond donors (Lipinski definition) is 0. The third-order valence-corrected chi connectivity index (χ3v) is 14.3. The van der Waals surface area contributed by atoms with Gasteiger partial charge in [0.2, 0.25) is 0 Å². The van der Waals surface area contributed by atoms with Gasteiger partial charge in [-0.15, -0.1) is 0 Å². The van der Waals surface area contributed by atoms with Gasteiger partial charge >= 0.3 is 66.7 Å². The van der Waals surface area contributed by atoms with Gasteiger partial charge in [-0.3, -0.25) is 9.98 Å². The van der Waals surface area contributed by atoms with E-state index in [9.17, 15) is 0 Å². The second-order valence-corrected chi connectivity index (χ2v) is 25.2. The Hall–Kier alpha value is -6.42. The van der Waals surface area contributed by atoms with Gasteiger partial charge in [-0.05, 0) is 108 Å². The van der Waals surface area contributed by atoms with Gasteiger partial charge in [0.05, 0.1) is 46.2 Å². The fourth-order valence-corrected chi connectivity index (χ4v) is 10.1. The number of benzene rings is 8. The Morgan fingerprint density at radius 2 is 0.643 bits per heavy atom. The molecule has 0 spiro atoms. The monoisotopic (exact) mass is 1280 g/mol. The van der Waals surface area contributed by atoms with Crippen LogP contribution in [0.25, 0.3) is 21.8 Å². The van der Waals surface area contributed by atoms with Crippen molar-refractivity contribution in [3.8, 4) is 0 Å². The van der Waals surface area contributed by atoms with E-state index in [4.69, 9.17) is 70.6 Å². The van der Waals surface area contributed by atoms with Crippen LogP contribution in [0.5, 0.6) is 0 Å². The van der Waals surface area contributed by atoms with Crippen LogP contribution >= 0.6 is 40.4 Å². The van der Waals surface area contributed by atoms with Crippen molar-refractivity contribution < 1.29 is 26.3 Å². The zero-order chi connectivity index (χ0) is 60.5. The molecule has 0 unspecified atom stereocenters.